The minimum Gasteiger partial charge on any atom is -0.384 e. The van der Waals surface area contributed by atoms with Gasteiger partial charge in [0, 0.05) is 33.3 Å². The summed E-state index contributed by atoms with van der Waals surface area (Å²) in [5.41, 5.74) is -0.443. The first-order chi connectivity index (χ1) is 8.01. The van der Waals surface area contributed by atoms with Crippen molar-refractivity contribution in [3.05, 3.63) is 0 Å². The molecule has 1 heterocycles. The molecule has 0 radical (unpaired) electrons. The number of hydrogen-bond donors (Lipinski definition) is 0. The number of hydrogen-bond acceptors (Lipinski definition) is 4. The summed E-state index contributed by atoms with van der Waals surface area (Å²) < 4.78 is 4.90. The Balaban J connectivity index is 2.41. The van der Waals surface area contributed by atoms with Crippen LogP contribution in [-0.4, -0.2) is 61.1 Å². The van der Waals surface area contributed by atoms with Crippen LogP contribution in [0.1, 0.15) is 20.3 Å². The molecular weight excluding hydrogens is 218 g/mol. The van der Waals surface area contributed by atoms with Crippen LogP contribution in [0.5, 0.6) is 0 Å². The normalized spacial score (nSPS) is 17.9. The second kappa shape index (κ2) is 5.99. The van der Waals surface area contributed by atoms with E-state index in [1.807, 2.05) is 18.7 Å². The lowest BCUT2D eigenvalue weighted by Gasteiger charge is -2.40. The molecule has 1 aliphatic heterocycles. The van der Waals surface area contributed by atoms with Crippen LogP contribution >= 0.6 is 0 Å². The predicted octanol–water partition coefficient (Wildman–Crippen LogP) is 0.469. The van der Waals surface area contributed by atoms with Gasteiger partial charge < -0.3 is 9.64 Å². The number of rotatable bonds is 4. The van der Waals surface area contributed by atoms with Gasteiger partial charge in [0.2, 0.25) is 5.91 Å². The van der Waals surface area contributed by atoms with Crippen LogP contribution in [0.3, 0.4) is 0 Å². The van der Waals surface area contributed by atoms with Crippen molar-refractivity contribution in [1.82, 2.24) is 9.80 Å². The summed E-state index contributed by atoms with van der Waals surface area (Å²) >= 11 is 0. The van der Waals surface area contributed by atoms with Gasteiger partial charge in [0.15, 0.2) is 0 Å². The van der Waals surface area contributed by atoms with E-state index in [2.05, 4.69) is 11.0 Å². The Morgan fingerprint density at radius 2 is 1.94 bits per heavy atom. The second-order valence-corrected chi connectivity index (χ2v) is 4.78. The van der Waals surface area contributed by atoms with Crippen LogP contribution in [0.15, 0.2) is 0 Å². The van der Waals surface area contributed by atoms with E-state index in [4.69, 9.17) is 10.00 Å². The van der Waals surface area contributed by atoms with E-state index in [0.29, 0.717) is 26.1 Å². The molecule has 5 nitrogen and oxygen atoms in total. The van der Waals surface area contributed by atoms with Crippen molar-refractivity contribution in [3.63, 3.8) is 0 Å². The van der Waals surface area contributed by atoms with E-state index in [-0.39, 0.29) is 5.91 Å². The van der Waals surface area contributed by atoms with Crippen molar-refractivity contribution >= 4 is 5.91 Å². The third-order valence-corrected chi connectivity index (χ3v) is 3.22. The number of methoxy groups -OCH3 is 1. The molecule has 1 rings (SSSR count). The van der Waals surface area contributed by atoms with E-state index in [1.165, 1.54) is 0 Å². The molecule has 96 valence electrons. The van der Waals surface area contributed by atoms with Crippen molar-refractivity contribution in [2.24, 2.45) is 0 Å². The standard InChI is InChI=1S/C12H21N3O2/c1-12(2,10-13)15-7-5-14(6-8-15)11(16)4-9-17-3/h4-9H2,1-3H3. The number of carbonyl (C=O) groups is 1. The monoisotopic (exact) mass is 239 g/mol. The summed E-state index contributed by atoms with van der Waals surface area (Å²) in [6.45, 7) is 7.23. The lowest BCUT2D eigenvalue weighted by Crippen LogP contribution is -2.55. The molecule has 1 aliphatic rings. The molecule has 0 aromatic carbocycles. The molecule has 0 saturated carbocycles. The van der Waals surface area contributed by atoms with Crippen molar-refractivity contribution in [2.45, 2.75) is 25.8 Å². The highest BCUT2D eigenvalue weighted by Gasteiger charge is 2.30. The lowest BCUT2D eigenvalue weighted by atomic mass is 10.0. The average Bonchev–Trinajstić information content (AvgIpc) is 2.36. The Morgan fingerprint density at radius 1 is 1.35 bits per heavy atom. The summed E-state index contributed by atoms with van der Waals surface area (Å²) in [7, 11) is 1.60. The maximum Gasteiger partial charge on any atom is 0.224 e. The number of nitrogens with zero attached hydrogens (tertiary/aromatic N) is 3. The van der Waals surface area contributed by atoms with E-state index in [9.17, 15) is 4.79 Å². The smallest absolute Gasteiger partial charge is 0.224 e. The molecule has 0 aliphatic carbocycles. The number of ether oxygens (including phenoxy) is 1. The highest BCUT2D eigenvalue weighted by Crippen LogP contribution is 2.16. The summed E-state index contributed by atoms with van der Waals surface area (Å²) in [5, 5.41) is 9.05. The van der Waals surface area contributed by atoms with Gasteiger partial charge in [0.05, 0.1) is 19.1 Å². The van der Waals surface area contributed by atoms with E-state index in [1.54, 1.807) is 7.11 Å². The molecule has 0 spiro atoms. The molecule has 0 atom stereocenters. The second-order valence-electron chi connectivity index (χ2n) is 4.78. The van der Waals surface area contributed by atoms with Gasteiger partial charge in [-0.2, -0.15) is 5.26 Å². The Morgan fingerprint density at radius 3 is 2.41 bits per heavy atom. The third kappa shape index (κ3) is 3.69. The SMILES string of the molecule is COCCC(=O)N1CCN(C(C)(C)C#N)CC1. The van der Waals surface area contributed by atoms with Gasteiger partial charge in [-0.25, -0.2) is 0 Å². The predicted molar refractivity (Wildman–Crippen MR) is 64.3 cm³/mol. The Kier molecular flexibility index (Phi) is 4.91. The Labute approximate surface area is 103 Å². The molecule has 0 bridgehead atoms. The van der Waals surface area contributed by atoms with Gasteiger partial charge in [-0.1, -0.05) is 0 Å². The number of amides is 1. The highest BCUT2D eigenvalue weighted by molar-refractivity contribution is 5.76. The van der Waals surface area contributed by atoms with E-state index >= 15 is 0 Å². The van der Waals surface area contributed by atoms with Gasteiger partial charge in [0.25, 0.3) is 0 Å². The fraction of sp³-hybridized carbons (Fsp3) is 0.833. The maximum atomic E-state index is 11.7. The Bertz CT molecular complexity index is 301. The van der Waals surface area contributed by atoms with Crippen molar-refractivity contribution in [2.75, 3.05) is 39.9 Å². The summed E-state index contributed by atoms with van der Waals surface area (Å²) in [6.07, 6.45) is 0.443. The van der Waals surface area contributed by atoms with Crippen LogP contribution in [0.2, 0.25) is 0 Å². The topological polar surface area (TPSA) is 56.6 Å². The molecule has 1 fully saturated rings. The van der Waals surface area contributed by atoms with Gasteiger partial charge in [-0.3, -0.25) is 9.69 Å². The van der Waals surface area contributed by atoms with Gasteiger partial charge in [-0.15, -0.1) is 0 Å². The van der Waals surface area contributed by atoms with E-state index < -0.39 is 5.54 Å². The molecule has 0 aromatic rings. The van der Waals surface area contributed by atoms with Crippen molar-refractivity contribution in [3.8, 4) is 6.07 Å². The zero-order chi connectivity index (χ0) is 12.9. The van der Waals surface area contributed by atoms with Crippen LogP contribution in [0.4, 0.5) is 0 Å². The summed E-state index contributed by atoms with van der Waals surface area (Å²) in [4.78, 5) is 15.7. The zero-order valence-electron chi connectivity index (χ0n) is 10.9. The number of piperazine rings is 1. The van der Waals surface area contributed by atoms with Crippen LogP contribution in [0, 0.1) is 11.3 Å². The lowest BCUT2D eigenvalue weighted by molar-refractivity contribution is -0.134. The van der Waals surface area contributed by atoms with Crippen LogP contribution in [0.25, 0.3) is 0 Å². The Hall–Kier alpha value is -1.12. The van der Waals surface area contributed by atoms with Crippen LogP contribution in [-0.2, 0) is 9.53 Å². The molecule has 0 N–H and O–H groups in total. The van der Waals surface area contributed by atoms with Crippen molar-refractivity contribution in [1.29, 1.82) is 5.26 Å². The third-order valence-electron chi connectivity index (χ3n) is 3.22. The van der Waals surface area contributed by atoms with Gasteiger partial charge >= 0.3 is 0 Å². The maximum absolute atomic E-state index is 11.7. The van der Waals surface area contributed by atoms with Crippen molar-refractivity contribution < 1.29 is 9.53 Å². The molecule has 1 saturated heterocycles. The van der Waals surface area contributed by atoms with Gasteiger partial charge in [0.1, 0.15) is 5.54 Å². The molecule has 17 heavy (non-hydrogen) atoms. The largest absolute Gasteiger partial charge is 0.384 e. The average molecular weight is 239 g/mol. The number of nitriles is 1. The minimum atomic E-state index is -0.443. The first-order valence-corrected chi connectivity index (χ1v) is 5.94. The zero-order valence-corrected chi connectivity index (χ0v) is 10.9. The molecule has 0 unspecified atom stereocenters. The first kappa shape index (κ1) is 13.9. The molecule has 0 aromatic heterocycles. The highest BCUT2D eigenvalue weighted by atomic mass is 16.5. The molecule has 1 amide bonds. The number of carbonyl (C=O) groups excluding carboxylic acids is 1. The van der Waals surface area contributed by atoms with Gasteiger partial charge in [-0.05, 0) is 13.8 Å². The summed E-state index contributed by atoms with van der Waals surface area (Å²) in [5.74, 6) is 0.140. The summed E-state index contributed by atoms with van der Waals surface area (Å²) in [6, 6.07) is 2.29. The fourth-order valence-electron chi connectivity index (χ4n) is 1.93. The quantitative estimate of drug-likeness (QED) is 0.715. The first-order valence-electron chi connectivity index (χ1n) is 5.94. The van der Waals surface area contributed by atoms with E-state index in [0.717, 1.165) is 13.1 Å². The molecule has 5 heteroatoms. The fourth-order valence-corrected chi connectivity index (χ4v) is 1.93. The van der Waals surface area contributed by atoms with Crippen LogP contribution < -0.4 is 0 Å². The minimum absolute atomic E-state index is 0.140. The molecular formula is C12H21N3O2.